The molecule has 4 rings (SSSR count). The minimum Gasteiger partial charge on any atom is -0.495 e. The Morgan fingerprint density at radius 3 is 2.29 bits per heavy atom. The Balaban J connectivity index is 1.53. The van der Waals surface area contributed by atoms with Crippen molar-refractivity contribution in [3.8, 4) is 5.75 Å². The van der Waals surface area contributed by atoms with Gasteiger partial charge in [-0.3, -0.25) is 19.6 Å². The van der Waals surface area contributed by atoms with E-state index in [4.69, 9.17) is 4.74 Å². The summed E-state index contributed by atoms with van der Waals surface area (Å²) in [5.74, 6) is -0.545. The first kappa shape index (κ1) is 33.7. The number of carbonyl (C=O) groups excluding carboxylic acids is 1. The van der Waals surface area contributed by atoms with Crippen LogP contribution in [-0.2, 0) is 24.8 Å². The summed E-state index contributed by atoms with van der Waals surface area (Å²) in [6.07, 6.45) is 0.439. The van der Waals surface area contributed by atoms with Crippen LogP contribution in [0.4, 0.5) is 22.7 Å². The molecule has 242 valence electrons. The van der Waals surface area contributed by atoms with Crippen LogP contribution < -0.4 is 19.7 Å². The Kier molecular flexibility index (Phi) is 10.4. The number of nitrogens with zero attached hydrogens (tertiary/aromatic N) is 3. The molecule has 1 heterocycles. The maximum atomic E-state index is 13.7. The maximum absolute atomic E-state index is 13.7. The molecular weight excluding hydrogens is 622 g/mol. The molecule has 0 radical (unpaired) electrons. The summed E-state index contributed by atoms with van der Waals surface area (Å²) in [5.41, 5.74) is 1.08. The van der Waals surface area contributed by atoms with Crippen LogP contribution in [0.5, 0.6) is 5.75 Å². The molecule has 0 spiro atoms. The molecule has 1 amide bonds. The van der Waals surface area contributed by atoms with Crippen molar-refractivity contribution in [2.45, 2.75) is 43.4 Å². The van der Waals surface area contributed by atoms with E-state index in [2.05, 4.69) is 10.0 Å². The second-order valence-corrected chi connectivity index (χ2v) is 14.1. The number of nitro groups is 1. The van der Waals surface area contributed by atoms with E-state index in [1.54, 1.807) is 43.3 Å². The van der Waals surface area contributed by atoms with E-state index in [0.29, 0.717) is 30.1 Å². The van der Waals surface area contributed by atoms with Gasteiger partial charge in [-0.15, -0.1) is 0 Å². The van der Waals surface area contributed by atoms with Crippen LogP contribution in [0.1, 0.15) is 32.3 Å². The summed E-state index contributed by atoms with van der Waals surface area (Å²) in [4.78, 5) is 25.6. The number of amides is 1. The molecule has 1 aliphatic heterocycles. The van der Waals surface area contributed by atoms with Crippen molar-refractivity contribution in [1.82, 2.24) is 4.31 Å². The minimum atomic E-state index is -4.13. The van der Waals surface area contributed by atoms with Crippen LogP contribution in [0.25, 0.3) is 0 Å². The van der Waals surface area contributed by atoms with Crippen molar-refractivity contribution in [1.29, 1.82) is 0 Å². The number of anilines is 3. The van der Waals surface area contributed by atoms with E-state index in [-0.39, 0.29) is 58.7 Å². The number of hydrogen-bond acceptors (Lipinski definition) is 9. The molecule has 1 aliphatic rings. The van der Waals surface area contributed by atoms with Gasteiger partial charge in [-0.2, -0.15) is 4.31 Å². The van der Waals surface area contributed by atoms with Crippen molar-refractivity contribution in [3.05, 3.63) is 76.3 Å². The molecule has 3 aromatic rings. The van der Waals surface area contributed by atoms with Gasteiger partial charge in [0.1, 0.15) is 10.6 Å². The average Bonchev–Trinajstić information content (AvgIpc) is 3.02. The van der Waals surface area contributed by atoms with E-state index in [1.807, 2.05) is 18.7 Å². The van der Waals surface area contributed by atoms with Crippen molar-refractivity contribution < 1.29 is 31.3 Å². The molecule has 2 N–H and O–H groups in total. The number of ether oxygens (including phenoxy) is 1. The van der Waals surface area contributed by atoms with Crippen molar-refractivity contribution in [2.24, 2.45) is 5.92 Å². The Morgan fingerprint density at radius 2 is 1.67 bits per heavy atom. The van der Waals surface area contributed by atoms with Crippen LogP contribution in [-0.4, -0.2) is 65.3 Å². The lowest BCUT2D eigenvalue weighted by Gasteiger charge is -2.31. The predicted octanol–water partition coefficient (Wildman–Crippen LogP) is 4.60. The second kappa shape index (κ2) is 13.8. The van der Waals surface area contributed by atoms with Crippen LogP contribution in [0.3, 0.4) is 0 Å². The lowest BCUT2D eigenvalue weighted by molar-refractivity contribution is -0.385. The zero-order chi connectivity index (χ0) is 32.9. The molecule has 0 atom stereocenters. The van der Waals surface area contributed by atoms with Gasteiger partial charge in [0.05, 0.1) is 28.3 Å². The predicted molar refractivity (Wildman–Crippen MR) is 172 cm³/mol. The fourth-order valence-corrected chi connectivity index (χ4v) is 8.32. The molecular formula is C30H37N5O8S2. The number of sulfonamides is 2. The largest absolute Gasteiger partial charge is 0.495 e. The fourth-order valence-electron chi connectivity index (χ4n) is 5.28. The number of benzene rings is 3. The average molecular weight is 660 g/mol. The molecule has 15 heteroatoms. The van der Waals surface area contributed by atoms with Crippen LogP contribution in [0.15, 0.2) is 70.5 Å². The van der Waals surface area contributed by atoms with Gasteiger partial charge in [-0.05, 0) is 69.5 Å². The first-order chi connectivity index (χ1) is 21.3. The van der Waals surface area contributed by atoms with E-state index in [1.165, 1.54) is 29.6 Å². The Labute approximate surface area is 263 Å². The number of rotatable bonds is 12. The number of hydrogen-bond donors (Lipinski definition) is 2. The first-order valence-electron chi connectivity index (χ1n) is 14.4. The van der Waals surface area contributed by atoms with E-state index in [9.17, 15) is 31.7 Å². The molecule has 0 aromatic heterocycles. The summed E-state index contributed by atoms with van der Waals surface area (Å²) in [6.45, 7) is 6.60. The number of carbonyl (C=O) groups is 1. The van der Waals surface area contributed by atoms with E-state index < -0.39 is 30.9 Å². The number of piperidine rings is 1. The summed E-state index contributed by atoms with van der Waals surface area (Å²) in [5, 5.41) is 14.0. The monoisotopic (exact) mass is 659 g/mol. The Bertz CT molecular complexity index is 1790. The number of methoxy groups -OCH3 is 1. The normalized spacial score (nSPS) is 14.5. The number of non-ortho nitro benzene ring substituents is 1. The van der Waals surface area contributed by atoms with Gasteiger partial charge in [-0.25, -0.2) is 16.8 Å². The number of para-hydroxylation sites is 2. The van der Waals surface area contributed by atoms with Gasteiger partial charge in [0.25, 0.3) is 15.7 Å². The lowest BCUT2D eigenvalue weighted by Crippen LogP contribution is -2.41. The Hall–Kier alpha value is -4.21. The fraction of sp³-hybridized carbons (Fsp3) is 0.367. The highest BCUT2D eigenvalue weighted by Gasteiger charge is 2.34. The maximum Gasteiger partial charge on any atom is 0.270 e. The number of nitrogens with one attached hydrogen (secondary N) is 2. The van der Waals surface area contributed by atoms with Gasteiger partial charge >= 0.3 is 0 Å². The van der Waals surface area contributed by atoms with Gasteiger partial charge < -0.3 is 15.0 Å². The molecule has 45 heavy (non-hydrogen) atoms. The quantitative estimate of drug-likeness (QED) is 0.209. The van der Waals surface area contributed by atoms with Crippen LogP contribution in [0, 0.1) is 23.0 Å². The van der Waals surface area contributed by atoms with E-state index >= 15 is 0 Å². The summed E-state index contributed by atoms with van der Waals surface area (Å²) < 4.78 is 63.1. The zero-order valence-corrected chi connectivity index (χ0v) is 27.2. The van der Waals surface area contributed by atoms with Gasteiger partial charge in [-0.1, -0.05) is 18.2 Å². The molecule has 0 unspecified atom stereocenters. The highest BCUT2D eigenvalue weighted by atomic mass is 32.2. The topological polar surface area (TPSA) is 168 Å². The zero-order valence-electron chi connectivity index (χ0n) is 25.5. The summed E-state index contributed by atoms with van der Waals surface area (Å²) in [6, 6.07) is 15.0. The van der Waals surface area contributed by atoms with Crippen LogP contribution in [0.2, 0.25) is 0 Å². The molecule has 3 aromatic carbocycles. The van der Waals surface area contributed by atoms with Crippen molar-refractivity contribution in [2.75, 3.05) is 48.2 Å². The third kappa shape index (κ3) is 7.37. The smallest absolute Gasteiger partial charge is 0.270 e. The Morgan fingerprint density at radius 1 is 1.00 bits per heavy atom. The van der Waals surface area contributed by atoms with Gasteiger partial charge in [0.15, 0.2) is 0 Å². The number of nitro benzene ring substituents is 1. The molecule has 0 aliphatic carbocycles. The SMILES string of the molecule is CCN(CC)c1ccc(NC(=O)C2CCN(S(=O)(=O)c3cc([N+](=O)[O-])ccc3C)CC2)cc1S(=O)(=O)Nc1ccccc1OC. The van der Waals surface area contributed by atoms with Crippen molar-refractivity contribution >= 4 is 48.7 Å². The second-order valence-electron chi connectivity index (χ2n) is 10.5. The molecule has 1 saturated heterocycles. The third-order valence-corrected chi connectivity index (χ3v) is 11.2. The first-order valence-corrected chi connectivity index (χ1v) is 17.4. The summed E-state index contributed by atoms with van der Waals surface area (Å²) in [7, 11) is -6.70. The minimum absolute atomic E-state index is 0.0249. The standard InChI is InChI=1S/C30H37N5O8S2/c1-5-33(6-2)26-14-12-23(19-29(26)44(39,40)32-25-9-7-8-10-27(25)43-4)31-30(36)22-15-17-34(18-16-22)45(41,42)28-20-24(35(37)38)13-11-21(28)3/h7-14,19-20,22,32H,5-6,15-18H2,1-4H3,(H,31,36). The highest BCUT2D eigenvalue weighted by molar-refractivity contribution is 7.93. The van der Waals surface area contributed by atoms with Gasteiger partial charge in [0.2, 0.25) is 15.9 Å². The number of aryl methyl sites for hydroxylation is 1. The third-order valence-electron chi connectivity index (χ3n) is 7.80. The van der Waals surface area contributed by atoms with Crippen LogP contribution >= 0.6 is 0 Å². The molecule has 13 nitrogen and oxygen atoms in total. The van der Waals surface area contributed by atoms with E-state index in [0.717, 1.165) is 6.07 Å². The molecule has 1 fully saturated rings. The molecule has 0 bridgehead atoms. The molecule has 0 saturated carbocycles. The summed E-state index contributed by atoms with van der Waals surface area (Å²) >= 11 is 0. The highest BCUT2D eigenvalue weighted by Crippen LogP contribution is 2.34. The van der Waals surface area contributed by atoms with Crippen molar-refractivity contribution in [3.63, 3.8) is 0 Å². The lowest BCUT2D eigenvalue weighted by atomic mass is 9.97. The van der Waals surface area contributed by atoms with Gasteiger partial charge in [0, 0.05) is 49.9 Å².